The first-order valence-corrected chi connectivity index (χ1v) is 6.00. The van der Waals surface area contributed by atoms with Gasteiger partial charge < -0.3 is 15.5 Å². The lowest BCUT2D eigenvalue weighted by molar-refractivity contribution is 0.0696. The van der Waals surface area contributed by atoms with Crippen LogP contribution in [0.4, 0.5) is 10.2 Å². The molecule has 0 saturated heterocycles. The lowest BCUT2D eigenvalue weighted by Gasteiger charge is -2.22. The number of halogens is 1. The predicted molar refractivity (Wildman–Crippen MR) is 69.7 cm³/mol. The highest BCUT2D eigenvalue weighted by Crippen LogP contribution is 2.21. The molecule has 1 unspecified atom stereocenters. The summed E-state index contributed by atoms with van der Waals surface area (Å²) in [6, 6.07) is 0.897. The molecule has 0 aromatic carbocycles. The third kappa shape index (κ3) is 5.21. The van der Waals surface area contributed by atoms with E-state index < -0.39 is 17.9 Å². The van der Waals surface area contributed by atoms with Crippen molar-refractivity contribution >= 4 is 11.8 Å². The fourth-order valence-electron chi connectivity index (χ4n) is 1.74. The second-order valence-electron chi connectivity index (χ2n) is 5.65. The number of nitrogens with zero attached hydrogens (tertiary/aromatic N) is 1. The largest absolute Gasteiger partial charge is 0.478 e. The molecule has 106 valence electrons. The van der Waals surface area contributed by atoms with E-state index in [4.69, 9.17) is 5.11 Å². The Kier molecular flexibility index (Phi) is 4.83. The molecule has 1 aromatic heterocycles. The molecule has 0 amide bonds. The Morgan fingerprint density at radius 3 is 2.68 bits per heavy atom. The number of carboxylic acids is 1. The highest BCUT2D eigenvalue weighted by molar-refractivity contribution is 5.93. The Morgan fingerprint density at radius 1 is 1.53 bits per heavy atom. The van der Waals surface area contributed by atoms with Gasteiger partial charge in [-0.15, -0.1) is 0 Å². The molecular formula is C13H19FN2O3. The van der Waals surface area contributed by atoms with Crippen molar-refractivity contribution in [2.45, 2.75) is 33.3 Å². The third-order valence-electron chi connectivity index (χ3n) is 2.44. The number of carbonyl (C=O) groups is 1. The van der Waals surface area contributed by atoms with Gasteiger partial charge in [0.25, 0.3) is 0 Å². The summed E-state index contributed by atoms with van der Waals surface area (Å²) >= 11 is 0. The summed E-state index contributed by atoms with van der Waals surface area (Å²) in [7, 11) is 0. The number of anilines is 1. The molecule has 0 spiro atoms. The first kappa shape index (κ1) is 15.4. The predicted octanol–water partition coefficient (Wildman–Crippen LogP) is 2.13. The molecule has 0 aliphatic carbocycles. The van der Waals surface area contributed by atoms with E-state index in [1.54, 1.807) is 0 Å². The van der Waals surface area contributed by atoms with Crippen LogP contribution in [0.5, 0.6) is 0 Å². The number of aromatic nitrogens is 1. The summed E-state index contributed by atoms with van der Waals surface area (Å²) in [5, 5.41) is 21.5. The van der Waals surface area contributed by atoms with E-state index in [-0.39, 0.29) is 23.3 Å². The zero-order chi connectivity index (χ0) is 14.6. The molecule has 0 aliphatic heterocycles. The second-order valence-corrected chi connectivity index (χ2v) is 5.65. The van der Waals surface area contributed by atoms with E-state index in [1.807, 2.05) is 20.8 Å². The molecule has 1 atom stereocenters. The molecule has 3 N–H and O–H groups in total. The summed E-state index contributed by atoms with van der Waals surface area (Å²) in [6.07, 6.45) is 0.864. The quantitative estimate of drug-likeness (QED) is 0.763. The van der Waals surface area contributed by atoms with Crippen LogP contribution in [-0.4, -0.2) is 33.8 Å². The van der Waals surface area contributed by atoms with Crippen molar-refractivity contribution in [3.05, 3.63) is 23.6 Å². The van der Waals surface area contributed by atoms with Gasteiger partial charge in [-0.1, -0.05) is 20.8 Å². The molecule has 0 aliphatic rings. The third-order valence-corrected chi connectivity index (χ3v) is 2.44. The standard InChI is InChI=1S/C13H19FN2O3/c1-13(2,3)5-9(17)7-16-11-10(12(18)19)4-8(14)6-15-11/h4,6,9,17H,5,7H2,1-3H3,(H,15,16)(H,18,19). The zero-order valence-electron chi connectivity index (χ0n) is 11.3. The van der Waals surface area contributed by atoms with E-state index in [0.717, 1.165) is 12.3 Å². The summed E-state index contributed by atoms with van der Waals surface area (Å²) in [5.74, 6) is -1.92. The Morgan fingerprint density at radius 2 is 2.16 bits per heavy atom. The van der Waals surface area contributed by atoms with Crippen molar-refractivity contribution in [3.63, 3.8) is 0 Å². The molecule has 6 heteroatoms. The van der Waals surface area contributed by atoms with Crippen molar-refractivity contribution in [2.75, 3.05) is 11.9 Å². The Balaban J connectivity index is 2.70. The molecule has 0 fully saturated rings. The molecule has 1 rings (SSSR count). The smallest absolute Gasteiger partial charge is 0.339 e. The van der Waals surface area contributed by atoms with Crippen molar-refractivity contribution in [1.82, 2.24) is 4.98 Å². The number of pyridine rings is 1. The van der Waals surface area contributed by atoms with Gasteiger partial charge in [0, 0.05) is 6.54 Å². The highest BCUT2D eigenvalue weighted by Gasteiger charge is 2.18. The van der Waals surface area contributed by atoms with Gasteiger partial charge in [0.1, 0.15) is 17.2 Å². The average Bonchev–Trinajstić information content (AvgIpc) is 2.24. The molecule has 1 heterocycles. The van der Waals surface area contributed by atoms with Crippen LogP contribution in [-0.2, 0) is 0 Å². The Hall–Kier alpha value is -1.69. The number of aromatic carboxylic acids is 1. The minimum atomic E-state index is -1.26. The van der Waals surface area contributed by atoms with Gasteiger partial charge in [0.2, 0.25) is 0 Å². The average molecular weight is 270 g/mol. The number of aliphatic hydroxyl groups is 1. The van der Waals surface area contributed by atoms with Crippen LogP contribution in [0.1, 0.15) is 37.6 Å². The fourth-order valence-corrected chi connectivity index (χ4v) is 1.74. The van der Waals surface area contributed by atoms with E-state index in [1.165, 1.54) is 0 Å². The minimum absolute atomic E-state index is 0.0348. The van der Waals surface area contributed by atoms with Gasteiger partial charge in [0.05, 0.1) is 12.3 Å². The number of hydrogen-bond donors (Lipinski definition) is 3. The first-order valence-electron chi connectivity index (χ1n) is 6.00. The molecule has 0 saturated carbocycles. The molecule has 1 aromatic rings. The van der Waals surface area contributed by atoms with Crippen LogP contribution in [0.3, 0.4) is 0 Å². The van der Waals surface area contributed by atoms with Crippen LogP contribution < -0.4 is 5.32 Å². The number of nitrogens with one attached hydrogen (secondary N) is 1. The van der Waals surface area contributed by atoms with E-state index in [2.05, 4.69) is 10.3 Å². The van der Waals surface area contributed by atoms with Crippen LogP contribution >= 0.6 is 0 Å². The monoisotopic (exact) mass is 270 g/mol. The fraction of sp³-hybridized carbons (Fsp3) is 0.538. The molecule has 0 radical (unpaired) electrons. The lowest BCUT2D eigenvalue weighted by Crippen LogP contribution is -2.26. The van der Waals surface area contributed by atoms with Gasteiger partial charge >= 0.3 is 5.97 Å². The summed E-state index contributed by atoms with van der Waals surface area (Å²) < 4.78 is 12.9. The Bertz CT molecular complexity index is 458. The SMILES string of the molecule is CC(C)(C)CC(O)CNc1ncc(F)cc1C(=O)O. The number of hydrogen-bond acceptors (Lipinski definition) is 4. The minimum Gasteiger partial charge on any atom is -0.478 e. The van der Waals surface area contributed by atoms with Crippen molar-refractivity contribution in [1.29, 1.82) is 0 Å². The zero-order valence-corrected chi connectivity index (χ0v) is 11.3. The maximum Gasteiger partial charge on any atom is 0.339 e. The maximum absolute atomic E-state index is 12.9. The number of aliphatic hydroxyl groups excluding tert-OH is 1. The van der Waals surface area contributed by atoms with Crippen LogP contribution in [0.2, 0.25) is 0 Å². The number of rotatable bonds is 5. The van der Waals surface area contributed by atoms with E-state index in [0.29, 0.717) is 6.42 Å². The van der Waals surface area contributed by atoms with Gasteiger partial charge in [-0.05, 0) is 17.9 Å². The van der Waals surface area contributed by atoms with Crippen LogP contribution in [0.15, 0.2) is 12.3 Å². The maximum atomic E-state index is 12.9. The van der Waals surface area contributed by atoms with Gasteiger partial charge in [-0.25, -0.2) is 14.2 Å². The van der Waals surface area contributed by atoms with E-state index in [9.17, 15) is 14.3 Å². The molecule has 5 nitrogen and oxygen atoms in total. The summed E-state index contributed by atoms with van der Waals surface area (Å²) in [5.41, 5.74) is -0.282. The van der Waals surface area contributed by atoms with E-state index >= 15 is 0 Å². The van der Waals surface area contributed by atoms with Gasteiger partial charge in [0.15, 0.2) is 0 Å². The summed E-state index contributed by atoms with van der Waals surface area (Å²) in [6.45, 7) is 6.15. The Labute approximate surface area is 111 Å². The van der Waals surface area contributed by atoms with Gasteiger partial charge in [-0.2, -0.15) is 0 Å². The summed E-state index contributed by atoms with van der Waals surface area (Å²) in [4.78, 5) is 14.6. The van der Waals surface area contributed by atoms with Crippen LogP contribution in [0.25, 0.3) is 0 Å². The van der Waals surface area contributed by atoms with Crippen LogP contribution in [0, 0.1) is 11.2 Å². The first-order chi connectivity index (χ1) is 8.69. The van der Waals surface area contributed by atoms with Crippen molar-refractivity contribution in [2.24, 2.45) is 5.41 Å². The van der Waals surface area contributed by atoms with Crippen molar-refractivity contribution < 1.29 is 19.4 Å². The van der Waals surface area contributed by atoms with Gasteiger partial charge in [-0.3, -0.25) is 0 Å². The topological polar surface area (TPSA) is 82.5 Å². The second kappa shape index (κ2) is 5.97. The normalized spacial score (nSPS) is 13.1. The highest BCUT2D eigenvalue weighted by atomic mass is 19.1. The molecule has 0 bridgehead atoms. The lowest BCUT2D eigenvalue weighted by atomic mass is 9.89. The molecule has 19 heavy (non-hydrogen) atoms. The van der Waals surface area contributed by atoms with Crippen molar-refractivity contribution in [3.8, 4) is 0 Å². The number of carboxylic acid groups (broad SMARTS) is 1. The molecular weight excluding hydrogens is 251 g/mol.